The van der Waals surface area contributed by atoms with E-state index in [1.165, 1.54) is 50.2 Å². The highest BCUT2D eigenvalue weighted by atomic mass is 32.2. The van der Waals surface area contributed by atoms with Crippen molar-refractivity contribution in [2.75, 3.05) is 24.3 Å². The van der Waals surface area contributed by atoms with Crippen LogP contribution in [0, 0.1) is 5.41 Å². The highest BCUT2D eigenvalue weighted by Crippen LogP contribution is 2.41. The van der Waals surface area contributed by atoms with E-state index in [2.05, 4.69) is 48.9 Å². The Labute approximate surface area is 115 Å². The summed E-state index contributed by atoms with van der Waals surface area (Å²) >= 11 is 4.22. The molecule has 0 spiro atoms. The minimum Gasteiger partial charge on any atom is -0.311 e. The molecule has 1 aliphatic carbocycles. The van der Waals surface area contributed by atoms with E-state index < -0.39 is 0 Å². The van der Waals surface area contributed by atoms with Crippen molar-refractivity contribution in [3.63, 3.8) is 0 Å². The summed E-state index contributed by atoms with van der Waals surface area (Å²) in [6.07, 6.45) is 9.37. The van der Waals surface area contributed by atoms with E-state index in [0.717, 1.165) is 0 Å². The van der Waals surface area contributed by atoms with Gasteiger partial charge in [-0.1, -0.05) is 26.7 Å². The topological polar surface area (TPSA) is 12.0 Å². The Balaban J connectivity index is 1.88. The Bertz CT molecular complexity index is 247. The van der Waals surface area contributed by atoms with Crippen LogP contribution in [-0.4, -0.2) is 35.1 Å². The van der Waals surface area contributed by atoms with Gasteiger partial charge in [0.05, 0.1) is 0 Å². The fraction of sp³-hybridized carbons (Fsp3) is 1.00. The maximum Gasteiger partial charge on any atom is 0.0281 e. The van der Waals surface area contributed by atoms with Crippen molar-refractivity contribution in [3.8, 4) is 0 Å². The minimum atomic E-state index is 0.490. The molecular weight excluding hydrogens is 246 g/mol. The predicted molar refractivity (Wildman–Crippen MR) is 82.2 cm³/mol. The monoisotopic (exact) mass is 273 g/mol. The SMILES string of the molecule is CSC1(CNC2CSCCC2(C)C)CCCC1. The van der Waals surface area contributed by atoms with Gasteiger partial charge in [-0.3, -0.25) is 0 Å². The van der Waals surface area contributed by atoms with E-state index in [-0.39, 0.29) is 0 Å². The number of hydrogen-bond acceptors (Lipinski definition) is 3. The lowest BCUT2D eigenvalue weighted by Crippen LogP contribution is -2.50. The average Bonchev–Trinajstić information content (AvgIpc) is 2.76. The van der Waals surface area contributed by atoms with Crippen LogP contribution in [0.5, 0.6) is 0 Å². The van der Waals surface area contributed by atoms with Crippen molar-refractivity contribution >= 4 is 23.5 Å². The summed E-state index contributed by atoms with van der Waals surface area (Å²) in [6.45, 7) is 6.10. The first kappa shape index (κ1) is 14.1. The van der Waals surface area contributed by atoms with Crippen molar-refractivity contribution in [1.29, 1.82) is 0 Å². The summed E-state index contributed by atoms with van der Waals surface area (Å²) in [6, 6.07) is 0.714. The third kappa shape index (κ3) is 3.36. The number of thioether (sulfide) groups is 2. The Morgan fingerprint density at radius 2 is 1.94 bits per heavy atom. The molecule has 1 saturated heterocycles. The quantitative estimate of drug-likeness (QED) is 0.837. The molecule has 1 aliphatic heterocycles. The van der Waals surface area contributed by atoms with Crippen LogP contribution in [0.25, 0.3) is 0 Å². The second kappa shape index (κ2) is 5.75. The molecule has 3 heteroatoms. The van der Waals surface area contributed by atoms with E-state index in [4.69, 9.17) is 0 Å². The van der Waals surface area contributed by atoms with Gasteiger partial charge in [-0.05, 0) is 36.7 Å². The molecule has 0 aromatic heterocycles. The van der Waals surface area contributed by atoms with Gasteiger partial charge in [0.15, 0.2) is 0 Å². The molecule has 0 radical (unpaired) electrons. The summed E-state index contributed by atoms with van der Waals surface area (Å²) in [5.41, 5.74) is 0.490. The molecule has 2 fully saturated rings. The zero-order valence-corrected chi connectivity index (χ0v) is 13.2. The lowest BCUT2D eigenvalue weighted by molar-refractivity contribution is 0.240. The van der Waals surface area contributed by atoms with E-state index in [9.17, 15) is 0 Å². The minimum absolute atomic E-state index is 0.490. The molecule has 1 saturated carbocycles. The molecule has 100 valence electrons. The summed E-state index contributed by atoms with van der Waals surface area (Å²) < 4.78 is 0.554. The van der Waals surface area contributed by atoms with Crippen LogP contribution in [0.4, 0.5) is 0 Å². The molecule has 1 unspecified atom stereocenters. The molecule has 2 rings (SSSR count). The third-order valence-corrected chi connectivity index (χ3v) is 7.22. The summed E-state index contributed by atoms with van der Waals surface area (Å²) in [4.78, 5) is 0. The molecule has 0 aromatic carbocycles. The van der Waals surface area contributed by atoms with Crippen LogP contribution in [0.2, 0.25) is 0 Å². The van der Waals surface area contributed by atoms with Crippen molar-refractivity contribution < 1.29 is 0 Å². The van der Waals surface area contributed by atoms with Crippen LogP contribution >= 0.6 is 23.5 Å². The number of rotatable bonds is 4. The first-order chi connectivity index (χ1) is 8.08. The Morgan fingerprint density at radius 3 is 2.53 bits per heavy atom. The van der Waals surface area contributed by atoms with Gasteiger partial charge in [-0.15, -0.1) is 0 Å². The standard InChI is InChI=1S/C14H27NS2/c1-13(2)8-9-17-10-12(13)15-11-14(16-3)6-4-5-7-14/h12,15H,4-11H2,1-3H3. The first-order valence-electron chi connectivity index (χ1n) is 6.94. The van der Waals surface area contributed by atoms with Crippen LogP contribution in [0.3, 0.4) is 0 Å². The summed E-state index contributed by atoms with van der Waals surface area (Å²) in [5, 5.41) is 3.90. The van der Waals surface area contributed by atoms with E-state index in [1.807, 2.05) is 0 Å². The second-order valence-corrected chi connectivity index (χ2v) is 8.77. The van der Waals surface area contributed by atoms with Crippen LogP contribution in [-0.2, 0) is 0 Å². The summed E-state index contributed by atoms with van der Waals surface area (Å²) in [5.74, 6) is 2.65. The van der Waals surface area contributed by atoms with Crippen LogP contribution < -0.4 is 5.32 Å². The number of hydrogen-bond donors (Lipinski definition) is 1. The Kier molecular flexibility index (Phi) is 4.76. The maximum atomic E-state index is 3.90. The van der Waals surface area contributed by atoms with Gasteiger partial charge >= 0.3 is 0 Å². The maximum absolute atomic E-state index is 3.90. The zero-order valence-electron chi connectivity index (χ0n) is 11.6. The van der Waals surface area contributed by atoms with E-state index in [1.54, 1.807) is 0 Å². The fourth-order valence-corrected chi connectivity index (χ4v) is 5.62. The van der Waals surface area contributed by atoms with Gasteiger partial charge in [0.2, 0.25) is 0 Å². The van der Waals surface area contributed by atoms with Gasteiger partial charge < -0.3 is 5.32 Å². The zero-order chi connectivity index (χ0) is 12.4. The lowest BCUT2D eigenvalue weighted by Gasteiger charge is -2.41. The molecule has 1 nitrogen and oxygen atoms in total. The highest BCUT2D eigenvalue weighted by molar-refractivity contribution is 8.00. The highest BCUT2D eigenvalue weighted by Gasteiger charge is 2.37. The van der Waals surface area contributed by atoms with Crippen LogP contribution in [0.1, 0.15) is 46.0 Å². The molecule has 1 heterocycles. The second-order valence-electron chi connectivity index (χ2n) is 6.34. The van der Waals surface area contributed by atoms with Gasteiger partial charge in [-0.2, -0.15) is 23.5 Å². The van der Waals surface area contributed by atoms with E-state index in [0.29, 0.717) is 16.2 Å². The lowest BCUT2D eigenvalue weighted by atomic mass is 9.82. The molecule has 1 N–H and O–H groups in total. The van der Waals surface area contributed by atoms with Gasteiger partial charge in [0, 0.05) is 23.1 Å². The molecule has 0 amide bonds. The smallest absolute Gasteiger partial charge is 0.0281 e. The van der Waals surface area contributed by atoms with Crippen LogP contribution in [0.15, 0.2) is 0 Å². The molecule has 0 bridgehead atoms. The van der Waals surface area contributed by atoms with Crippen molar-refractivity contribution in [1.82, 2.24) is 5.32 Å². The molecule has 2 aliphatic rings. The normalized spacial score (nSPS) is 31.6. The average molecular weight is 274 g/mol. The third-order valence-electron chi connectivity index (χ3n) is 4.74. The van der Waals surface area contributed by atoms with Gasteiger partial charge in [0.25, 0.3) is 0 Å². The van der Waals surface area contributed by atoms with Crippen molar-refractivity contribution in [2.24, 2.45) is 5.41 Å². The molecule has 17 heavy (non-hydrogen) atoms. The largest absolute Gasteiger partial charge is 0.311 e. The van der Waals surface area contributed by atoms with Crippen molar-refractivity contribution in [2.45, 2.75) is 56.7 Å². The predicted octanol–water partition coefficient (Wildman–Crippen LogP) is 3.78. The number of nitrogens with one attached hydrogen (secondary N) is 1. The van der Waals surface area contributed by atoms with E-state index >= 15 is 0 Å². The first-order valence-corrected chi connectivity index (χ1v) is 9.32. The summed E-state index contributed by atoms with van der Waals surface area (Å²) in [7, 11) is 0. The van der Waals surface area contributed by atoms with Crippen molar-refractivity contribution in [3.05, 3.63) is 0 Å². The fourth-order valence-electron chi connectivity index (χ4n) is 3.05. The van der Waals surface area contributed by atoms with Gasteiger partial charge in [-0.25, -0.2) is 0 Å². The Morgan fingerprint density at radius 1 is 1.24 bits per heavy atom. The molecular formula is C14H27NS2. The molecule has 1 atom stereocenters. The Hall–Kier alpha value is 0.660. The molecule has 0 aromatic rings. The van der Waals surface area contributed by atoms with Gasteiger partial charge in [0.1, 0.15) is 0 Å².